The Morgan fingerprint density at radius 3 is 2.74 bits per heavy atom. The molecule has 3 aliphatic rings. The summed E-state index contributed by atoms with van der Waals surface area (Å²) in [6.07, 6.45) is -3.02. The van der Waals surface area contributed by atoms with Gasteiger partial charge in [0.15, 0.2) is 11.5 Å². The van der Waals surface area contributed by atoms with Gasteiger partial charge >= 0.3 is 6.18 Å². The first kappa shape index (κ1) is 21.0. The van der Waals surface area contributed by atoms with Crippen molar-refractivity contribution in [2.24, 2.45) is 5.73 Å². The highest BCUT2D eigenvalue weighted by atomic mass is 19.4. The van der Waals surface area contributed by atoms with E-state index >= 15 is 0 Å². The minimum absolute atomic E-state index is 0.0158. The number of furan rings is 1. The van der Waals surface area contributed by atoms with Gasteiger partial charge in [0.2, 0.25) is 18.5 Å². The van der Waals surface area contributed by atoms with E-state index in [1.165, 1.54) is 11.0 Å². The molecule has 3 aliphatic heterocycles. The summed E-state index contributed by atoms with van der Waals surface area (Å²) in [5.74, 6) is -0.343. The molecule has 6 rings (SSSR count). The molecule has 8 nitrogen and oxygen atoms in total. The molecule has 0 aliphatic carbocycles. The summed E-state index contributed by atoms with van der Waals surface area (Å²) in [6, 6.07) is 8.89. The van der Waals surface area contributed by atoms with Gasteiger partial charge in [0.1, 0.15) is 11.2 Å². The zero-order chi connectivity index (χ0) is 23.7. The van der Waals surface area contributed by atoms with Gasteiger partial charge < -0.3 is 29.8 Å². The Morgan fingerprint density at radius 1 is 1.21 bits per heavy atom. The van der Waals surface area contributed by atoms with Gasteiger partial charge in [-0.25, -0.2) is 0 Å². The van der Waals surface area contributed by atoms with E-state index in [-0.39, 0.29) is 37.6 Å². The highest BCUT2D eigenvalue weighted by Gasteiger charge is 2.57. The molecule has 0 bridgehead atoms. The Morgan fingerprint density at radius 2 is 2.00 bits per heavy atom. The molecule has 0 fully saturated rings. The molecule has 34 heavy (non-hydrogen) atoms. The van der Waals surface area contributed by atoms with Crippen LogP contribution >= 0.6 is 0 Å². The van der Waals surface area contributed by atoms with Crippen LogP contribution < -0.4 is 25.4 Å². The van der Waals surface area contributed by atoms with Crippen molar-refractivity contribution in [3.05, 3.63) is 70.9 Å². The van der Waals surface area contributed by atoms with Crippen molar-refractivity contribution in [3.8, 4) is 11.5 Å². The zero-order valence-electron chi connectivity index (χ0n) is 17.7. The molecule has 3 N–H and O–H groups in total. The van der Waals surface area contributed by atoms with E-state index in [0.29, 0.717) is 35.0 Å². The minimum atomic E-state index is -4.61. The van der Waals surface area contributed by atoms with E-state index in [2.05, 4.69) is 10.3 Å². The van der Waals surface area contributed by atoms with E-state index < -0.39 is 17.4 Å². The maximum atomic E-state index is 14.1. The number of amides is 1. The third kappa shape index (κ3) is 2.86. The number of ether oxygens (including phenoxy) is 2. The van der Waals surface area contributed by atoms with E-state index in [1.54, 1.807) is 24.4 Å². The molecule has 0 saturated heterocycles. The maximum Gasteiger partial charge on any atom is 0.449 e. The second-order valence-electron chi connectivity index (χ2n) is 8.39. The van der Waals surface area contributed by atoms with Gasteiger partial charge in [-0.15, -0.1) is 0 Å². The molecule has 0 saturated carbocycles. The van der Waals surface area contributed by atoms with Crippen molar-refractivity contribution in [1.29, 1.82) is 0 Å². The average molecular weight is 472 g/mol. The lowest BCUT2D eigenvalue weighted by Crippen LogP contribution is -2.53. The Balaban J connectivity index is 1.48. The number of pyridine rings is 1. The average Bonchev–Trinajstić information content (AvgIpc) is 3.53. The SMILES string of the molecule is NCC1NCC2(C(=O)N(Cc3ccc(C(F)(F)F)o3)c3cccnc32)c2cc3c(cc21)OCO3. The molecule has 1 amide bonds. The lowest BCUT2D eigenvalue weighted by molar-refractivity contribution is -0.153. The predicted molar refractivity (Wildman–Crippen MR) is 112 cm³/mol. The van der Waals surface area contributed by atoms with Crippen molar-refractivity contribution in [1.82, 2.24) is 10.3 Å². The van der Waals surface area contributed by atoms with Crippen LogP contribution in [0.15, 0.2) is 47.0 Å². The molecule has 1 spiro atoms. The number of hydrogen-bond donors (Lipinski definition) is 2. The topological polar surface area (TPSA) is 103 Å². The van der Waals surface area contributed by atoms with Gasteiger partial charge in [-0.05, 0) is 47.5 Å². The number of benzene rings is 1. The van der Waals surface area contributed by atoms with Crippen LogP contribution in [0.1, 0.15) is 34.4 Å². The largest absolute Gasteiger partial charge is 0.455 e. The van der Waals surface area contributed by atoms with Crippen LogP contribution in [0.4, 0.5) is 18.9 Å². The summed E-state index contributed by atoms with van der Waals surface area (Å²) < 4.78 is 55.2. The summed E-state index contributed by atoms with van der Waals surface area (Å²) in [4.78, 5) is 20.1. The lowest BCUT2D eigenvalue weighted by Gasteiger charge is -2.38. The second kappa shape index (κ2) is 7.21. The number of fused-ring (bicyclic) bond motifs is 5. The van der Waals surface area contributed by atoms with Crippen LogP contribution in [0, 0.1) is 0 Å². The van der Waals surface area contributed by atoms with Gasteiger partial charge in [0, 0.05) is 25.3 Å². The fourth-order valence-corrected chi connectivity index (χ4v) is 5.02. The van der Waals surface area contributed by atoms with Crippen LogP contribution in [0.2, 0.25) is 0 Å². The van der Waals surface area contributed by atoms with Crippen molar-refractivity contribution in [2.45, 2.75) is 24.2 Å². The molecule has 1 aromatic carbocycles. The number of anilines is 1. The quantitative estimate of drug-likeness (QED) is 0.604. The third-order valence-corrected chi connectivity index (χ3v) is 6.58. The first-order valence-electron chi connectivity index (χ1n) is 10.6. The van der Waals surface area contributed by atoms with Crippen molar-refractivity contribution >= 4 is 11.6 Å². The standard InChI is InChI=1S/C23H19F3N4O4/c24-23(25,26)19-4-3-12(34-19)9-30-16-2-1-5-28-20(16)22(21(30)31)10-29-15(8-27)13-6-17-18(7-14(13)22)33-11-32-17/h1-7,15,29H,8-11,27H2. The summed E-state index contributed by atoms with van der Waals surface area (Å²) in [5, 5.41) is 3.35. The Bertz CT molecular complexity index is 1310. The van der Waals surface area contributed by atoms with E-state index in [1.807, 2.05) is 6.07 Å². The normalized spacial score (nSPS) is 22.9. The van der Waals surface area contributed by atoms with Crippen LogP contribution in [-0.2, 0) is 22.9 Å². The summed E-state index contributed by atoms with van der Waals surface area (Å²) in [7, 11) is 0. The molecule has 11 heteroatoms. The van der Waals surface area contributed by atoms with Crippen molar-refractivity contribution < 1.29 is 31.9 Å². The predicted octanol–water partition coefficient (Wildman–Crippen LogP) is 2.86. The summed E-state index contributed by atoms with van der Waals surface area (Å²) >= 11 is 0. The fourth-order valence-electron chi connectivity index (χ4n) is 5.02. The van der Waals surface area contributed by atoms with Gasteiger partial charge in [-0.1, -0.05) is 0 Å². The minimum Gasteiger partial charge on any atom is -0.455 e. The van der Waals surface area contributed by atoms with Gasteiger partial charge in [0.05, 0.1) is 17.9 Å². The lowest BCUT2D eigenvalue weighted by atomic mass is 9.71. The monoisotopic (exact) mass is 472 g/mol. The number of nitrogens with two attached hydrogens (primary N) is 1. The number of aromatic nitrogens is 1. The molecule has 0 radical (unpaired) electrons. The number of nitrogens with zero attached hydrogens (tertiary/aromatic N) is 2. The Labute approximate surface area is 191 Å². The Hall–Kier alpha value is -3.57. The van der Waals surface area contributed by atoms with Crippen LogP contribution in [-0.4, -0.2) is 30.8 Å². The van der Waals surface area contributed by atoms with Crippen molar-refractivity contribution in [2.75, 3.05) is 24.8 Å². The van der Waals surface area contributed by atoms with Crippen molar-refractivity contribution in [3.63, 3.8) is 0 Å². The fraction of sp³-hybridized carbons (Fsp3) is 0.304. The molecule has 2 unspecified atom stereocenters. The maximum absolute atomic E-state index is 14.1. The molecule has 3 aromatic rings. The number of hydrogen-bond acceptors (Lipinski definition) is 7. The van der Waals surface area contributed by atoms with E-state index in [0.717, 1.165) is 11.6 Å². The molecule has 2 atom stereocenters. The van der Waals surface area contributed by atoms with Crippen LogP contribution in [0.5, 0.6) is 11.5 Å². The highest BCUT2D eigenvalue weighted by Crippen LogP contribution is 2.51. The zero-order valence-corrected chi connectivity index (χ0v) is 17.7. The number of alkyl halides is 3. The third-order valence-electron chi connectivity index (χ3n) is 6.58. The second-order valence-corrected chi connectivity index (χ2v) is 8.39. The molecule has 176 valence electrons. The first-order chi connectivity index (χ1) is 16.3. The number of halogens is 3. The van der Waals surface area contributed by atoms with Crippen LogP contribution in [0.3, 0.4) is 0 Å². The van der Waals surface area contributed by atoms with E-state index in [4.69, 9.17) is 19.6 Å². The number of rotatable bonds is 3. The van der Waals surface area contributed by atoms with Gasteiger partial charge in [-0.2, -0.15) is 13.2 Å². The smallest absolute Gasteiger partial charge is 0.449 e. The summed E-state index contributed by atoms with van der Waals surface area (Å²) in [6.45, 7) is 0.408. The number of carbonyl (C=O) groups excluding carboxylic acids is 1. The molecular formula is C23H19F3N4O4. The highest BCUT2D eigenvalue weighted by molar-refractivity contribution is 6.10. The molecule has 2 aromatic heterocycles. The van der Waals surface area contributed by atoms with Gasteiger partial charge in [-0.3, -0.25) is 9.78 Å². The van der Waals surface area contributed by atoms with Crippen LogP contribution in [0.25, 0.3) is 0 Å². The first-order valence-corrected chi connectivity index (χ1v) is 10.6. The van der Waals surface area contributed by atoms with E-state index in [9.17, 15) is 18.0 Å². The Kier molecular flexibility index (Phi) is 4.45. The van der Waals surface area contributed by atoms with Gasteiger partial charge in [0.25, 0.3) is 0 Å². The summed E-state index contributed by atoms with van der Waals surface area (Å²) in [5.41, 5.74) is 7.28. The molecule has 5 heterocycles. The number of nitrogens with one attached hydrogen (secondary N) is 1. The number of carbonyl (C=O) groups is 1. The molecular weight excluding hydrogens is 453 g/mol.